The summed E-state index contributed by atoms with van der Waals surface area (Å²) in [6.07, 6.45) is 0.546. The molecular formula is C21H30N6O8. The third-order valence-electron chi connectivity index (χ3n) is 6.43. The monoisotopic (exact) mass is 494 g/mol. The Morgan fingerprint density at radius 2 is 1.54 bits per heavy atom. The fourth-order valence-electron chi connectivity index (χ4n) is 4.44. The average Bonchev–Trinajstić information content (AvgIpc) is 3.39. The maximum atomic E-state index is 12.2. The lowest BCUT2D eigenvalue weighted by Crippen LogP contribution is -2.46. The van der Waals surface area contributed by atoms with Gasteiger partial charge in [0, 0.05) is 36.5 Å². The maximum absolute atomic E-state index is 12.2. The van der Waals surface area contributed by atoms with E-state index in [9.17, 15) is 29.4 Å². The molecule has 2 aromatic rings. The topological polar surface area (TPSA) is 193 Å². The molecule has 2 aliphatic heterocycles. The lowest BCUT2D eigenvalue weighted by Gasteiger charge is -2.20. The summed E-state index contributed by atoms with van der Waals surface area (Å²) >= 11 is 0. The highest BCUT2D eigenvalue weighted by atomic mass is 16.5. The number of ether oxygens (including phenoxy) is 2. The molecule has 35 heavy (non-hydrogen) atoms. The van der Waals surface area contributed by atoms with Crippen molar-refractivity contribution in [1.82, 2.24) is 30.0 Å². The summed E-state index contributed by atoms with van der Waals surface area (Å²) in [7, 11) is 0. The molecule has 0 aliphatic carbocycles. The van der Waals surface area contributed by atoms with Gasteiger partial charge in [0.05, 0.1) is 18.8 Å². The predicted molar refractivity (Wildman–Crippen MR) is 122 cm³/mol. The third-order valence-corrected chi connectivity index (χ3v) is 6.43. The van der Waals surface area contributed by atoms with Crippen LogP contribution in [-0.2, 0) is 9.47 Å². The number of nitrogens with zero attached hydrogens (tertiary/aromatic N) is 2. The second-order valence-electron chi connectivity index (χ2n) is 8.94. The first-order valence-electron chi connectivity index (χ1n) is 11.4. The van der Waals surface area contributed by atoms with Gasteiger partial charge >= 0.3 is 11.4 Å². The highest BCUT2D eigenvalue weighted by Crippen LogP contribution is 2.34. The van der Waals surface area contributed by atoms with E-state index in [1.807, 2.05) is 0 Å². The predicted octanol–water partition coefficient (Wildman–Crippen LogP) is -2.31. The van der Waals surface area contributed by atoms with Gasteiger partial charge in [-0.25, -0.2) is 15.0 Å². The number of H-pyrrole nitrogens is 2. The molecular weight excluding hydrogens is 464 g/mol. The lowest BCUT2D eigenvalue weighted by molar-refractivity contribution is -0.0462. The number of aryl methyl sites for hydroxylation is 2. The van der Waals surface area contributed by atoms with Gasteiger partial charge < -0.3 is 19.7 Å². The Hall–Kier alpha value is -2.88. The van der Waals surface area contributed by atoms with E-state index in [2.05, 4.69) is 20.8 Å². The number of aromatic nitrogens is 4. The Balaban J connectivity index is 1.30. The number of nitrogens with one attached hydrogen (secondary N) is 4. The van der Waals surface area contributed by atoms with Crippen LogP contribution in [0, 0.1) is 19.8 Å². The van der Waals surface area contributed by atoms with Crippen molar-refractivity contribution >= 4 is 0 Å². The standard InChI is InChI=1S/C21H30N6O8/c1-10-7-26(20(32)23-17(10)30)15-5-12(14(9-28)34-15)3-4-22-25-19-13(29)6-16(35-19)27-8-11(2)18(31)24-21(27)33/h7-8,12-16,19,22,25,28-29H,3-6,9H2,1-2H3,(H,23,30,32)(H,24,31,33)/t12?,13?,14-,15-,16?,19?/m1/s1. The zero-order chi connectivity index (χ0) is 25.3. The summed E-state index contributed by atoms with van der Waals surface area (Å²) in [6.45, 7) is 3.39. The average molecular weight is 495 g/mol. The minimum Gasteiger partial charge on any atom is -0.394 e. The van der Waals surface area contributed by atoms with Crippen LogP contribution in [-0.4, -0.2) is 60.9 Å². The van der Waals surface area contributed by atoms with Crippen molar-refractivity contribution in [3.05, 3.63) is 65.2 Å². The smallest absolute Gasteiger partial charge is 0.330 e. The first-order valence-corrected chi connectivity index (χ1v) is 11.4. The molecule has 0 saturated carbocycles. The zero-order valence-electron chi connectivity index (χ0n) is 19.4. The first-order chi connectivity index (χ1) is 16.7. The van der Waals surface area contributed by atoms with Crippen molar-refractivity contribution in [3.63, 3.8) is 0 Å². The zero-order valence-corrected chi connectivity index (χ0v) is 19.4. The number of rotatable bonds is 8. The van der Waals surface area contributed by atoms with Crippen LogP contribution >= 0.6 is 0 Å². The van der Waals surface area contributed by atoms with Crippen molar-refractivity contribution in [1.29, 1.82) is 0 Å². The fourth-order valence-corrected chi connectivity index (χ4v) is 4.44. The van der Waals surface area contributed by atoms with Gasteiger partial charge in [0.1, 0.15) is 18.7 Å². The van der Waals surface area contributed by atoms with Gasteiger partial charge in [-0.15, -0.1) is 0 Å². The second kappa shape index (κ2) is 10.4. The van der Waals surface area contributed by atoms with Crippen LogP contribution in [0.3, 0.4) is 0 Å². The van der Waals surface area contributed by atoms with Gasteiger partial charge in [-0.2, -0.15) is 0 Å². The minimum absolute atomic E-state index is 0.0664. The van der Waals surface area contributed by atoms with Crippen molar-refractivity contribution in [2.75, 3.05) is 13.2 Å². The Kier molecular flexibility index (Phi) is 7.49. The molecule has 4 rings (SSSR count). The van der Waals surface area contributed by atoms with E-state index < -0.39 is 53.4 Å². The Bertz CT molecular complexity index is 1280. The number of aromatic amines is 2. The molecule has 6 atom stereocenters. The van der Waals surface area contributed by atoms with Crippen molar-refractivity contribution < 1.29 is 19.7 Å². The van der Waals surface area contributed by atoms with E-state index >= 15 is 0 Å². The number of aliphatic hydroxyl groups is 2. The molecule has 14 heteroatoms. The van der Waals surface area contributed by atoms with E-state index in [1.165, 1.54) is 21.5 Å². The largest absolute Gasteiger partial charge is 0.394 e. The highest BCUT2D eigenvalue weighted by Gasteiger charge is 2.37. The third kappa shape index (κ3) is 5.37. The molecule has 2 aromatic heterocycles. The molecule has 6 N–H and O–H groups in total. The molecule has 2 fully saturated rings. The van der Waals surface area contributed by atoms with Gasteiger partial charge in [-0.1, -0.05) is 0 Å². The quantitative estimate of drug-likeness (QED) is 0.172. The van der Waals surface area contributed by atoms with Crippen molar-refractivity contribution in [2.24, 2.45) is 5.92 Å². The van der Waals surface area contributed by atoms with Crippen LogP contribution in [0.4, 0.5) is 0 Å². The summed E-state index contributed by atoms with van der Waals surface area (Å²) in [4.78, 5) is 51.9. The summed E-state index contributed by atoms with van der Waals surface area (Å²) < 4.78 is 14.2. The van der Waals surface area contributed by atoms with E-state index in [-0.39, 0.29) is 18.9 Å². The van der Waals surface area contributed by atoms with E-state index in [0.717, 1.165) is 0 Å². The molecule has 0 amide bonds. The van der Waals surface area contributed by atoms with E-state index in [1.54, 1.807) is 13.8 Å². The fraction of sp³-hybridized carbons (Fsp3) is 0.619. The maximum Gasteiger partial charge on any atom is 0.330 e. The van der Waals surface area contributed by atoms with Crippen LogP contribution in [0.15, 0.2) is 31.6 Å². The molecule has 0 radical (unpaired) electrons. The summed E-state index contributed by atoms with van der Waals surface area (Å²) in [5, 5.41) is 20.0. The number of hydrazine groups is 1. The van der Waals surface area contributed by atoms with Crippen LogP contribution in [0.25, 0.3) is 0 Å². The molecule has 4 unspecified atom stereocenters. The molecule has 2 aliphatic rings. The number of hydrogen-bond acceptors (Lipinski definition) is 10. The molecule has 0 spiro atoms. The molecule has 0 aromatic carbocycles. The van der Waals surface area contributed by atoms with Crippen LogP contribution in [0.5, 0.6) is 0 Å². The van der Waals surface area contributed by atoms with Gasteiger partial charge in [-0.3, -0.25) is 34.1 Å². The van der Waals surface area contributed by atoms with Crippen LogP contribution in [0.1, 0.15) is 42.8 Å². The summed E-state index contributed by atoms with van der Waals surface area (Å²) in [5.74, 6) is -0.0664. The SMILES string of the molecule is Cc1cn(C2CC(O)C(NNCCC3C[C@H](n4cc(C)c(=O)[nH]c4=O)O[C@@H]3CO)O2)c(=O)[nH]c1=O. The molecule has 4 heterocycles. The Morgan fingerprint density at radius 3 is 2.11 bits per heavy atom. The lowest BCUT2D eigenvalue weighted by atomic mass is 9.97. The van der Waals surface area contributed by atoms with E-state index in [4.69, 9.17) is 9.47 Å². The minimum atomic E-state index is -0.897. The summed E-state index contributed by atoms with van der Waals surface area (Å²) in [6, 6.07) is 0. The van der Waals surface area contributed by atoms with Gasteiger partial charge in [0.2, 0.25) is 0 Å². The Labute approximate surface area is 198 Å². The van der Waals surface area contributed by atoms with Crippen molar-refractivity contribution in [2.45, 2.75) is 64.0 Å². The second-order valence-corrected chi connectivity index (χ2v) is 8.94. The van der Waals surface area contributed by atoms with Gasteiger partial charge in [0.15, 0.2) is 0 Å². The highest BCUT2D eigenvalue weighted by molar-refractivity contribution is 5.03. The Morgan fingerprint density at radius 1 is 0.971 bits per heavy atom. The van der Waals surface area contributed by atoms with Crippen molar-refractivity contribution in [3.8, 4) is 0 Å². The van der Waals surface area contributed by atoms with Crippen LogP contribution in [0.2, 0.25) is 0 Å². The number of hydrogen-bond donors (Lipinski definition) is 6. The molecule has 192 valence electrons. The van der Waals surface area contributed by atoms with Gasteiger partial charge in [0.25, 0.3) is 11.1 Å². The molecule has 0 bridgehead atoms. The molecule has 2 saturated heterocycles. The van der Waals surface area contributed by atoms with Crippen LogP contribution < -0.4 is 33.3 Å². The van der Waals surface area contributed by atoms with Gasteiger partial charge in [-0.05, 0) is 32.6 Å². The van der Waals surface area contributed by atoms with E-state index in [0.29, 0.717) is 30.5 Å². The molecule has 14 nitrogen and oxygen atoms in total. The normalized spacial score (nSPS) is 28.6. The first kappa shape index (κ1) is 25.2. The number of aliphatic hydroxyl groups excluding tert-OH is 2. The summed E-state index contributed by atoms with van der Waals surface area (Å²) in [5.41, 5.74) is 4.51.